The van der Waals surface area contributed by atoms with Gasteiger partial charge in [0.15, 0.2) is 11.6 Å². The van der Waals surface area contributed by atoms with Gasteiger partial charge in [-0.05, 0) is 55.2 Å². The fourth-order valence-electron chi connectivity index (χ4n) is 3.13. The van der Waals surface area contributed by atoms with E-state index in [2.05, 4.69) is 11.7 Å². The third kappa shape index (κ3) is 5.87. The van der Waals surface area contributed by atoms with E-state index in [1.165, 1.54) is 6.07 Å². The topological polar surface area (TPSA) is 9.23 Å². The Morgan fingerprint density at radius 2 is 1.74 bits per heavy atom. The summed E-state index contributed by atoms with van der Waals surface area (Å²) in [5.41, 5.74) is 0.355. The second-order valence-corrected chi connectivity index (χ2v) is 6.81. The van der Waals surface area contributed by atoms with E-state index in [0.29, 0.717) is 11.5 Å². The van der Waals surface area contributed by atoms with E-state index in [0.717, 1.165) is 50.2 Å². The van der Waals surface area contributed by atoms with Gasteiger partial charge in [-0.25, -0.2) is 8.78 Å². The van der Waals surface area contributed by atoms with Crippen molar-refractivity contribution >= 4 is 6.08 Å². The van der Waals surface area contributed by atoms with E-state index < -0.39 is 30.0 Å². The molecule has 0 radical (unpaired) electrons. The van der Waals surface area contributed by atoms with E-state index in [4.69, 9.17) is 0 Å². The van der Waals surface area contributed by atoms with Gasteiger partial charge in [-0.1, -0.05) is 31.6 Å². The van der Waals surface area contributed by atoms with Gasteiger partial charge in [0, 0.05) is 0 Å². The average Bonchev–Trinajstić information content (AvgIpc) is 2.61. The van der Waals surface area contributed by atoms with Gasteiger partial charge >= 0.3 is 12.3 Å². The molecule has 1 fully saturated rings. The molecule has 0 N–H and O–H groups in total. The average molecular weight is 398 g/mol. The second kappa shape index (κ2) is 8.52. The predicted molar refractivity (Wildman–Crippen MR) is 87.7 cm³/mol. The van der Waals surface area contributed by atoms with Crippen molar-refractivity contribution in [3.63, 3.8) is 0 Å². The molecule has 1 unspecified atom stereocenters. The first-order valence-electron chi connectivity index (χ1n) is 8.78. The number of alkyl halides is 6. The first-order chi connectivity index (χ1) is 12.5. The Kier molecular flexibility index (Phi) is 6.81. The molecule has 152 valence electrons. The molecule has 0 bridgehead atoms. The molecule has 1 aromatic carbocycles. The highest BCUT2D eigenvalue weighted by Crippen LogP contribution is 2.37. The number of halogens is 7. The molecular formula is C19H21F7O. The number of allylic oxidation sites excluding steroid dienone is 1. The standard InChI is InChI=1S/C19H21F7O/c1-2-12-3-5-13(6-4-12)7-8-14-9-10-16(15(20)11-14)27-19(25,26)17(21)18(22,23)24/h7-13,17H,2-6H2,1H3. The van der Waals surface area contributed by atoms with Gasteiger partial charge in [0.05, 0.1) is 0 Å². The molecule has 27 heavy (non-hydrogen) atoms. The molecular weight excluding hydrogens is 377 g/mol. The highest BCUT2D eigenvalue weighted by atomic mass is 19.4. The lowest BCUT2D eigenvalue weighted by atomic mass is 9.80. The maximum atomic E-state index is 13.9. The minimum atomic E-state index is -5.82. The highest BCUT2D eigenvalue weighted by Gasteiger charge is 2.59. The van der Waals surface area contributed by atoms with Gasteiger partial charge in [-0.3, -0.25) is 0 Å². The number of benzene rings is 1. The number of hydrogen-bond donors (Lipinski definition) is 0. The minimum Gasteiger partial charge on any atom is -0.427 e. The minimum absolute atomic E-state index is 0.343. The lowest BCUT2D eigenvalue weighted by molar-refractivity contribution is -0.305. The van der Waals surface area contributed by atoms with Crippen LogP contribution in [0.1, 0.15) is 44.6 Å². The normalized spacial score (nSPS) is 22.8. The van der Waals surface area contributed by atoms with Crippen LogP contribution in [0.2, 0.25) is 0 Å². The van der Waals surface area contributed by atoms with E-state index in [1.54, 1.807) is 6.08 Å². The molecule has 8 heteroatoms. The van der Waals surface area contributed by atoms with Gasteiger partial charge in [0.25, 0.3) is 6.17 Å². The molecule has 0 amide bonds. The van der Waals surface area contributed by atoms with Crippen molar-refractivity contribution in [2.45, 2.75) is 57.5 Å². The van der Waals surface area contributed by atoms with Crippen LogP contribution in [-0.4, -0.2) is 18.5 Å². The van der Waals surface area contributed by atoms with Crippen molar-refractivity contribution in [3.8, 4) is 5.75 Å². The summed E-state index contributed by atoms with van der Waals surface area (Å²) in [6.07, 6.45) is -6.65. The fraction of sp³-hybridized carbons (Fsp3) is 0.579. The van der Waals surface area contributed by atoms with E-state index in [-0.39, 0.29) is 0 Å². The van der Waals surface area contributed by atoms with Crippen LogP contribution in [0.5, 0.6) is 5.75 Å². The third-order valence-corrected chi connectivity index (χ3v) is 4.81. The Balaban J connectivity index is 2.02. The monoisotopic (exact) mass is 398 g/mol. The fourth-order valence-corrected chi connectivity index (χ4v) is 3.13. The summed E-state index contributed by atoms with van der Waals surface area (Å²) in [5, 5.41) is 0. The van der Waals surface area contributed by atoms with E-state index >= 15 is 0 Å². The summed E-state index contributed by atoms with van der Waals surface area (Å²) in [4.78, 5) is 0. The molecule has 1 saturated carbocycles. The molecule has 1 aliphatic carbocycles. The number of ether oxygens (including phenoxy) is 1. The van der Waals surface area contributed by atoms with Crippen molar-refractivity contribution in [2.75, 3.05) is 0 Å². The van der Waals surface area contributed by atoms with Crippen LogP contribution in [0, 0.1) is 17.7 Å². The summed E-state index contributed by atoms with van der Waals surface area (Å²) >= 11 is 0. The first-order valence-corrected chi connectivity index (χ1v) is 8.78. The molecule has 1 aromatic rings. The van der Waals surface area contributed by atoms with E-state index in [9.17, 15) is 30.7 Å². The summed E-state index contributed by atoms with van der Waals surface area (Å²) in [7, 11) is 0. The zero-order valence-electron chi connectivity index (χ0n) is 14.7. The van der Waals surface area contributed by atoms with Crippen LogP contribution in [0.25, 0.3) is 6.08 Å². The molecule has 1 nitrogen and oxygen atoms in total. The summed E-state index contributed by atoms with van der Waals surface area (Å²) in [6.45, 7) is 2.15. The molecule has 1 aliphatic rings. The van der Waals surface area contributed by atoms with Gasteiger partial charge in [-0.2, -0.15) is 22.0 Å². The molecule has 0 spiro atoms. The quantitative estimate of drug-likeness (QED) is 0.472. The van der Waals surface area contributed by atoms with Crippen LogP contribution < -0.4 is 4.74 Å². The zero-order valence-corrected chi connectivity index (χ0v) is 14.7. The molecule has 2 rings (SSSR count). The third-order valence-electron chi connectivity index (χ3n) is 4.81. The molecule has 1 atom stereocenters. The smallest absolute Gasteiger partial charge is 0.427 e. The summed E-state index contributed by atoms with van der Waals surface area (Å²) in [6, 6.07) is 2.85. The highest BCUT2D eigenvalue weighted by molar-refractivity contribution is 5.51. The Morgan fingerprint density at radius 3 is 2.26 bits per heavy atom. The zero-order chi connectivity index (χ0) is 20.2. The van der Waals surface area contributed by atoms with E-state index in [1.807, 2.05) is 6.08 Å². The Morgan fingerprint density at radius 1 is 1.11 bits per heavy atom. The Bertz CT molecular complexity index is 646. The van der Waals surface area contributed by atoms with Crippen molar-refractivity contribution in [1.82, 2.24) is 0 Å². The second-order valence-electron chi connectivity index (χ2n) is 6.81. The lowest BCUT2D eigenvalue weighted by Gasteiger charge is -2.25. The van der Waals surface area contributed by atoms with Crippen LogP contribution in [0.3, 0.4) is 0 Å². The van der Waals surface area contributed by atoms with Crippen LogP contribution >= 0.6 is 0 Å². The SMILES string of the molecule is CCC1CCC(C=Cc2ccc(OC(F)(F)C(F)C(F)(F)F)c(F)c2)CC1. The van der Waals surface area contributed by atoms with Crippen molar-refractivity contribution in [1.29, 1.82) is 0 Å². The maximum absolute atomic E-state index is 13.9. The van der Waals surface area contributed by atoms with Crippen molar-refractivity contribution in [2.24, 2.45) is 11.8 Å². The van der Waals surface area contributed by atoms with Crippen LogP contribution in [-0.2, 0) is 0 Å². The van der Waals surface area contributed by atoms with Gasteiger partial charge in [0.1, 0.15) is 0 Å². The van der Waals surface area contributed by atoms with Gasteiger partial charge in [-0.15, -0.1) is 0 Å². The molecule has 0 aliphatic heterocycles. The molecule has 0 aromatic heterocycles. The van der Waals surface area contributed by atoms with Crippen LogP contribution in [0.4, 0.5) is 30.7 Å². The van der Waals surface area contributed by atoms with Crippen molar-refractivity contribution < 1.29 is 35.5 Å². The number of hydrogen-bond acceptors (Lipinski definition) is 1. The maximum Gasteiger partial charge on any atom is 0.439 e. The summed E-state index contributed by atoms with van der Waals surface area (Å²) in [5.74, 6) is -1.37. The predicted octanol–water partition coefficient (Wildman–Crippen LogP) is 6.93. The Hall–Kier alpha value is -1.73. The Labute approximate surface area is 153 Å². The van der Waals surface area contributed by atoms with Gasteiger partial charge < -0.3 is 4.74 Å². The summed E-state index contributed by atoms with van der Waals surface area (Å²) < 4.78 is 93.2. The van der Waals surface area contributed by atoms with Crippen molar-refractivity contribution in [3.05, 3.63) is 35.7 Å². The van der Waals surface area contributed by atoms with Crippen LogP contribution in [0.15, 0.2) is 24.3 Å². The molecule has 0 saturated heterocycles. The largest absolute Gasteiger partial charge is 0.439 e. The first kappa shape index (κ1) is 21.6. The number of rotatable bonds is 6. The van der Waals surface area contributed by atoms with Gasteiger partial charge in [0.2, 0.25) is 0 Å². The lowest BCUT2D eigenvalue weighted by Crippen LogP contribution is -2.45. The molecule has 0 heterocycles.